The predicted octanol–water partition coefficient (Wildman–Crippen LogP) is 1.97. The molecule has 6 heteroatoms. The van der Waals surface area contributed by atoms with Crippen molar-refractivity contribution in [2.75, 3.05) is 13.7 Å². The van der Waals surface area contributed by atoms with Gasteiger partial charge in [-0.05, 0) is 24.6 Å². The molecule has 0 fully saturated rings. The molecule has 0 heterocycles. The normalized spacial score (nSPS) is 9.94. The minimum absolute atomic E-state index is 0.0822. The Labute approximate surface area is 113 Å². The Morgan fingerprint density at radius 2 is 2.11 bits per heavy atom. The number of halogens is 1. The summed E-state index contributed by atoms with van der Waals surface area (Å²) in [5, 5.41) is 11.6. The molecule has 0 aliphatic heterocycles. The van der Waals surface area contributed by atoms with E-state index < -0.39 is 5.97 Å². The number of carbonyl (C=O) groups is 2. The smallest absolute Gasteiger partial charge is 0.339 e. The summed E-state index contributed by atoms with van der Waals surface area (Å²) in [5.41, 5.74) is 0.789. The average Bonchev–Trinajstić information content (AvgIpc) is 2.30. The molecular formula is C12H14BrNO4. The molecule has 0 spiro atoms. The Balaban J connectivity index is 2.87. The molecule has 0 bridgehead atoms. The van der Waals surface area contributed by atoms with Gasteiger partial charge in [0.1, 0.15) is 11.3 Å². The third-order valence-corrected chi connectivity index (χ3v) is 2.78. The van der Waals surface area contributed by atoms with E-state index in [2.05, 4.69) is 21.2 Å². The molecule has 0 saturated heterocycles. The van der Waals surface area contributed by atoms with E-state index in [1.54, 1.807) is 13.0 Å². The second-order valence-electron chi connectivity index (χ2n) is 3.68. The number of amides is 1. The summed E-state index contributed by atoms with van der Waals surface area (Å²) in [5.74, 6) is -0.911. The zero-order chi connectivity index (χ0) is 13.7. The molecule has 0 aromatic heterocycles. The summed E-state index contributed by atoms with van der Waals surface area (Å²) >= 11 is 3.24. The van der Waals surface area contributed by atoms with Crippen LogP contribution < -0.4 is 10.1 Å². The predicted molar refractivity (Wildman–Crippen MR) is 70.0 cm³/mol. The van der Waals surface area contributed by atoms with Crippen LogP contribution in [0.2, 0.25) is 0 Å². The number of carboxylic acids is 1. The maximum absolute atomic E-state index is 11.1. The number of carbonyl (C=O) groups excluding carboxylic acids is 1. The van der Waals surface area contributed by atoms with E-state index in [0.717, 1.165) is 0 Å². The highest BCUT2D eigenvalue weighted by Gasteiger charge is 2.15. The van der Waals surface area contributed by atoms with Crippen molar-refractivity contribution in [3.05, 3.63) is 27.7 Å². The van der Waals surface area contributed by atoms with Crippen molar-refractivity contribution in [2.24, 2.45) is 0 Å². The molecule has 0 aliphatic carbocycles. The van der Waals surface area contributed by atoms with Crippen LogP contribution in [0.15, 0.2) is 16.6 Å². The highest BCUT2D eigenvalue weighted by molar-refractivity contribution is 9.10. The second-order valence-corrected chi connectivity index (χ2v) is 4.59. The molecule has 0 atom stereocenters. The van der Waals surface area contributed by atoms with Crippen LogP contribution in [0.4, 0.5) is 0 Å². The molecule has 0 saturated carbocycles. The highest BCUT2D eigenvalue weighted by Crippen LogP contribution is 2.28. The van der Waals surface area contributed by atoms with Crippen LogP contribution >= 0.6 is 15.9 Å². The largest absolute Gasteiger partial charge is 0.492 e. The van der Waals surface area contributed by atoms with Crippen molar-refractivity contribution in [2.45, 2.75) is 13.3 Å². The van der Waals surface area contributed by atoms with E-state index in [1.807, 2.05) is 0 Å². The molecule has 1 rings (SSSR count). The fourth-order valence-corrected chi connectivity index (χ4v) is 2.02. The fourth-order valence-electron chi connectivity index (χ4n) is 1.45. The van der Waals surface area contributed by atoms with E-state index in [-0.39, 0.29) is 24.5 Å². The zero-order valence-corrected chi connectivity index (χ0v) is 11.7. The third kappa shape index (κ3) is 3.73. The van der Waals surface area contributed by atoms with E-state index in [1.165, 1.54) is 13.1 Å². The maximum Gasteiger partial charge on any atom is 0.339 e. The van der Waals surface area contributed by atoms with Crippen molar-refractivity contribution < 1.29 is 19.4 Å². The lowest BCUT2D eigenvalue weighted by Crippen LogP contribution is -2.20. The van der Waals surface area contributed by atoms with Crippen LogP contribution in [0.1, 0.15) is 22.3 Å². The summed E-state index contributed by atoms with van der Waals surface area (Å²) in [6, 6.07) is 3.24. The van der Waals surface area contributed by atoms with Crippen LogP contribution in [0.3, 0.4) is 0 Å². The molecular weight excluding hydrogens is 302 g/mol. The van der Waals surface area contributed by atoms with Gasteiger partial charge in [0.05, 0.1) is 13.0 Å². The molecule has 98 valence electrons. The number of nitrogens with one attached hydrogen (secondary N) is 1. The van der Waals surface area contributed by atoms with Crippen molar-refractivity contribution >= 4 is 27.8 Å². The highest BCUT2D eigenvalue weighted by atomic mass is 79.9. The van der Waals surface area contributed by atoms with Crippen LogP contribution in [0, 0.1) is 6.92 Å². The lowest BCUT2D eigenvalue weighted by Gasteiger charge is -2.12. The Hall–Kier alpha value is -1.56. The fraction of sp³-hybridized carbons (Fsp3) is 0.333. The zero-order valence-electron chi connectivity index (χ0n) is 10.1. The van der Waals surface area contributed by atoms with Gasteiger partial charge in [-0.1, -0.05) is 15.9 Å². The SMILES string of the molecule is CNC(=O)CCOc1c(C)cc(Br)cc1C(=O)O. The lowest BCUT2D eigenvalue weighted by molar-refractivity contribution is -0.121. The van der Waals surface area contributed by atoms with Gasteiger partial charge in [-0.25, -0.2) is 4.79 Å². The lowest BCUT2D eigenvalue weighted by atomic mass is 10.1. The first-order chi connectivity index (χ1) is 8.45. The first-order valence-corrected chi connectivity index (χ1v) is 6.11. The van der Waals surface area contributed by atoms with Gasteiger partial charge in [0.2, 0.25) is 5.91 Å². The molecule has 0 unspecified atom stereocenters. The number of hydrogen-bond donors (Lipinski definition) is 2. The first kappa shape index (κ1) is 14.5. The Kier molecular flexibility index (Phi) is 5.15. The molecule has 1 amide bonds. The molecule has 5 nitrogen and oxygen atoms in total. The van der Waals surface area contributed by atoms with Gasteiger partial charge in [0, 0.05) is 11.5 Å². The third-order valence-electron chi connectivity index (χ3n) is 2.32. The van der Waals surface area contributed by atoms with Crippen molar-refractivity contribution in [3.63, 3.8) is 0 Å². The number of aromatic carboxylic acids is 1. The van der Waals surface area contributed by atoms with Gasteiger partial charge in [-0.3, -0.25) is 4.79 Å². The number of carboxylic acid groups (broad SMARTS) is 1. The van der Waals surface area contributed by atoms with E-state index in [9.17, 15) is 9.59 Å². The number of ether oxygens (including phenoxy) is 1. The van der Waals surface area contributed by atoms with Crippen LogP contribution in [-0.2, 0) is 4.79 Å². The van der Waals surface area contributed by atoms with Crippen molar-refractivity contribution in [3.8, 4) is 5.75 Å². The quantitative estimate of drug-likeness (QED) is 0.871. The summed E-state index contributed by atoms with van der Waals surface area (Å²) in [4.78, 5) is 22.1. The van der Waals surface area contributed by atoms with Gasteiger partial charge < -0.3 is 15.2 Å². The molecule has 1 aromatic rings. The molecule has 18 heavy (non-hydrogen) atoms. The van der Waals surface area contributed by atoms with Gasteiger partial charge >= 0.3 is 5.97 Å². The summed E-state index contributed by atoms with van der Waals surface area (Å²) < 4.78 is 6.07. The van der Waals surface area contributed by atoms with E-state index in [4.69, 9.17) is 9.84 Å². The topological polar surface area (TPSA) is 75.6 Å². The summed E-state index contributed by atoms with van der Waals surface area (Å²) in [6.07, 6.45) is 0.186. The van der Waals surface area contributed by atoms with Gasteiger partial charge in [-0.2, -0.15) is 0 Å². The number of aryl methyl sites for hydroxylation is 1. The number of rotatable bonds is 5. The van der Waals surface area contributed by atoms with Crippen molar-refractivity contribution in [1.29, 1.82) is 0 Å². The summed E-state index contributed by atoms with van der Waals surface area (Å²) in [7, 11) is 1.54. The molecule has 2 N–H and O–H groups in total. The van der Waals surface area contributed by atoms with Gasteiger partial charge in [0.15, 0.2) is 0 Å². The minimum Gasteiger partial charge on any atom is -0.492 e. The molecule has 1 aromatic carbocycles. The standard InChI is InChI=1S/C12H14BrNO4/c1-7-5-8(13)6-9(12(16)17)11(7)18-4-3-10(15)14-2/h5-6H,3-4H2,1-2H3,(H,14,15)(H,16,17). The minimum atomic E-state index is -1.06. The van der Waals surface area contributed by atoms with Crippen LogP contribution in [0.5, 0.6) is 5.75 Å². The van der Waals surface area contributed by atoms with E-state index >= 15 is 0 Å². The van der Waals surface area contributed by atoms with Gasteiger partial charge in [-0.15, -0.1) is 0 Å². The maximum atomic E-state index is 11.1. The van der Waals surface area contributed by atoms with Crippen LogP contribution in [-0.4, -0.2) is 30.6 Å². The second kappa shape index (κ2) is 6.39. The van der Waals surface area contributed by atoms with Gasteiger partial charge in [0.25, 0.3) is 0 Å². The first-order valence-electron chi connectivity index (χ1n) is 5.32. The number of benzene rings is 1. The number of hydrogen-bond acceptors (Lipinski definition) is 3. The average molecular weight is 316 g/mol. The van der Waals surface area contributed by atoms with Crippen LogP contribution in [0.25, 0.3) is 0 Å². The van der Waals surface area contributed by atoms with Crippen molar-refractivity contribution in [1.82, 2.24) is 5.32 Å². The van der Waals surface area contributed by atoms with E-state index in [0.29, 0.717) is 15.8 Å². The summed E-state index contributed by atoms with van der Waals surface area (Å²) in [6.45, 7) is 1.90. The molecule has 0 radical (unpaired) electrons. The molecule has 0 aliphatic rings. The monoisotopic (exact) mass is 315 g/mol. The Morgan fingerprint density at radius 1 is 1.44 bits per heavy atom. The Morgan fingerprint density at radius 3 is 2.67 bits per heavy atom. The Bertz CT molecular complexity index is 473.